The molecule has 0 radical (unpaired) electrons. The summed E-state index contributed by atoms with van der Waals surface area (Å²) in [6, 6.07) is 12.9. The summed E-state index contributed by atoms with van der Waals surface area (Å²) in [6.45, 7) is 5.67. The van der Waals surface area contributed by atoms with Crippen LogP contribution in [0.1, 0.15) is 18.1 Å². The molecular weight excluding hydrogens is 286 g/mol. The van der Waals surface area contributed by atoms with Gasteiger partial charge in [0.15, 0.2) is 6.10 Å². The van der Waals surface area contributed by atoms with E-state index in [0.717, 1.165) is 16.9 Å². The number of carbonyl (C=O) groups excluding carboxylic acids is 1. The van der Waals surface area contributed by atoms with Gasteiger partial charge in [-0.1, -0.05) is 29.8 Å². The van der Waals surface area contributed by atoms with Crippen molar-refractivity contribution >= 4 is 23.2 Å². The van der Waals surface area contributed by atoms with E-state index in [1.54, 1.807) is 31.2 Å². The highest BCUT2D eigenvalue weighted by Crippen LogP contribution is 2.21. The second kappa shape index (κ2) is 6.64. The van der Waals surface area contributed by atoms with Gasteiger partial charge in [0.05, 0.1) is 0 Å². The molecule has 0 spiro atoms. The molecule has 21 heavy (non-hydrogen) atoms. The second-order valence-electron chi connectivity index (χ2n) is 5.03. The lowest BCUT2D eigenvalue weighted by Gasteiger charge is -2.16. The van der Waals surface area contributed by atoms with Crippen LogP contribution in [0.5, 0.6) is 5.75 Å². The summed E-state index contributed by atoms with van der Waals surface area (Å²) in [6.07, 6.45) is -0.593. The SMILES string of the molecule is Cc1ccc(C)c(OC(C)C(=O)Nc2cccc(Cl)c2)c1. The number of ether oxygens (including phenoxy) is 1. The molecule has 110 valence electrons. The molecule has 4 heteroatoms. The highest BCUT2D eigenvalue weighted by molar-refractivity contribution is 6.30. The van der Waals surface area contributed by atoms with Gasteiger partial charge in [-0.3, -0.25) is 4.79 Å². The molecule has 0 heterocycles. The Kier molecular flexibility index (Phi) is 4.86. The summed E-state index contributed by atoms with van der Waals surface area (Å²) < 4.78 is 5.75. The van der Waals surface area contributed by atoms with Crippen molar-refractivity contribution in [3.8, 4) is 5.75 Å². The highest BCUT2D eigenvalue weighted by Gasteiger charge is 2.16. The molecule has 0 aliphatic rings. The summed E-state index contributed by atoms with van der Waals surface area (Å²) in [4.78, 5) is 12.1. The van der Waals surface area contributed by atoms with E-state index >= 15 is 0 Å². The normalized spacial score (nSPS) is 11.8. The molecule has 1 amide bonds. The predicted molar refractivity (Wildman–Crippen MR) is 86.1 cm³/mol. The number of hydrogen-bond acceptors (Lipinski definition) is 2. The van der Waals surface area contributed by atoms with E-state index in [2.05, 4.69) is 5.32 Å². The summed E-state index contributed by atoms with van der Waals surface area (Å²) in [5.41, 5.74) is 2.75. The fourth-order valence-corrected chi connectivity index (χ4v) is 2.08. The lowest BCUT2D eigenvalue weighted by atomic mass is 10.1. The van der Waals surface area contributed by atoms with Crippen LogP contribution in [0.4, 0.5) is 5.69 Å². The predicted octanol–water partition coefficient (Wildman–Crippen LogP) is 4.36. The van der Waals surface area contributed by atoms with Crippen molar-refractivity contribution in [2.24, 2.45) is 0 Å². The molecule has 2 rings (SSSR count). The smallest absolute Gasteiger partial charge is 0.265 e. The highest BCUT2D eigenvalue weighted by atomic mass is 35.5. The summed E-state index contributed by atoms with van der Waals surface area (Å²) in [5.74, 6) is 0.516. The molecule has 2 aromatic rings. The van der Waals surface area contributed by atoms with Crippen LogP contribution in [0, 0.1) is 13.8 Å². The number of aryl methyl sites for hydroxylation is 2. The quantitative estimate of drug-likeness (QED) is 0.911. The molecule has 0 fully saturated rings. The molecule has 1 N–H and O–H groups in total. The molecule has 0 aliphatic carbocycles. The first-order valence-corrected chi connectivity index (χ1v) is 7.14. The summed E-state index contributed by atoms with van der Waals surface area (Å²) >= 11 is 5.89. The molecule has 1 unspecified atom stereocenters. The van der Waals surface area contributed by atoms with Gasteiger partial charge in [-0.15, -0.1) is 0 Å². The first-order chi connectivity index (χ1) is 9.95. The third-order valence-electron chi connectivity index (χ3n) is 3.11. The van der Waals surface area contributed by atoms with Gasteiger partial charge in [-0.25, -0.2) is 0 Å². The number of rotatable bonds is 4. The van der Waals surface area contributed by atoms with Gasteiger partial charge in [0.25, 0.3) is 5.91 Å². The van der Waals surface area contributed by atoms with E-state index in [-0.39, 0.29) is 5.91 Å². The van der Waals surface area contributed by atoms with E-state index in [0.29, 0.717) is 10.7 Å². The first-order valence-electron chi connectivity index (χ1n) is 6.76. The van der Waals surface area contributed by atoms with Gasteiger partial charge in [0.1, 0.15) is 5.75 Å². The molecule has 0 saturated carbocycles. The van der Waals surface area contributed by atoms with Gasteiger partial charge in [-0.2, -0.15) is 0 Å². The maximum atomic E-state index is 12.1. The van der Waals surface area contributed by atoms with Crippen LogP contribution < -0.4 is 10.1 Å². The molecule has 0 aromatic heterocycles. The third-order valence-corrected chi connectivity index (χ3v) is 3.34. The zero-order valence-corrected chi connectivity index (χ0v) is 13.1. The topological polar surface area (TPSA) is 38.3 Å². The van der Waals surface area contributed by atoms with Crippen molar-refractivity contribution in [1.82, 2.24) is 0 Å². The Morgan fingerprint density at radius 1 is 1.19 bits per heavy atom. The van der Waals surface area contributed by atoms with Gasteiger partial charge in [-0.05, 0) is 56.2 Å². The van der Waals surface area contributed by atoms with E-state index in [4.69, 9.17) is 16.3 Å². The fraction of sp³-hybridized carbons (Fsp3) is 0.235. The van der Waals surface area contributed by atoms with Crippen LogP contribution >= 0.6 is 11.6 Å². The Morgan fingerprint density at radius 3 is 2.67 bits per heavy atom. The Balaban J connectivity index is 2.04. The summed E-state index contributed by atoms with van der Waals surface area (Å²) in [7, 11) is 0. The molecule has 0 saturated heterocycles. The third kappa shape index (κ3) is 4.23. The van der Waals surface area contributed by atoms with Crippen molar-refractivity contribution in [1.29, 1.82) is 0 Å². The van der Waals surface area contributed by atoms with Crippen LogP contribution in [-0.4, -0.2) is 12.0 Å². The molecule has 1 atom stereocenters. The number of nitrogens with one attached hydrogen (secondary N) is 1. The van der Waals surface area contributed by atoms with Crippen LogP contribution in [0.25, 0.3) is 0 Å². The first kappa shape index (κ1) is 15.4. The fourth-order valence-electron chi connectivity index (χ4n) is 1.89. The number of hydrogen-bond donors (Lipinski definition) is 1. The Bertz CT molecular complexity index is 655. The average molecular weight is 304 g/mol. The maximum Gasteiger partial charge on any atom is 0.265 e. The van der Waals surface area contributed by atoms with Crippen molar-refractivity contribution < 1.29 is 9.53 Å². The summed E-state index contributed by atoms with van der Waals surface area (Å²) in [5, 5.41) is 3.37. The number of anilines is 1. The van der Waals surface area contributed by atoms with Gasteiger partial charge in [0, 0.05) is 10.7 Å². The minimum Gasteiger partial charge on any atom is -0.481 e. The van der Waals surface area contributed by atoms with E-state index in [9.17, 15) is 4.79 Å². The second-order valence-corrected chi connectivity index (χ2v) is 5.47. The van der Waals surface area contributed by atoms with Gasteiger partial charge >= 0.3 is 0 Å². The maximum absolute atomic E-state index is 12.1. The van der Waals surface area contributed by atoms with Crippen LogP contribution in [0.15, 0.2) is 42.5 Å². The number of halogens is 1. The van der Waals surface area contributed by atoms with E-state index < -0.39 is 6.10 Å². The van der Waals surface area contributed by atoms with Crippen molar-refractivity contribution in [2.45, 2.75) is 26.9 Å². The van der Waals surface area contributed by atoms with E-state index in [1.165, 1.54) is 0 Å². The van der Waals surface area contributed by atoms with Gasteiger partial charge < -0.3 is 10.1 Å². The minimum absolute atomic E-state index is 0.210. The monoisotopic (exact) mass is 303 g/mol. The minimum atomic E-state index is -0.593. The van der Waals surface area contributed by atoms with Crippen molar-refractivity contribution in [3.05, 3.63) is 58.6 Å². The van der Waals surface area contributed by atoms with E-state index in [1.807, 2.05) is 32.0 Å². The molecule has 0 bridgehead atoms. The largest absolute Gasteiger partial charge is 0.481 e. The zero-order chi connectivity index (χ0) is 15.4. The average Bonchev–Trinajstić information content (AvgIpc) is 2.43. The van der Waals surface area contributed by atoms with Crippen LogP contribution in [-0.2, 0) is 4.79 Å². The molecule has 2 aromatic carbocycles. The Hall–Kier alpha value is -2.00. The van der Waals surface area contributed by atoms with Crippen LogP contribution in [0.2, 0.25) is 5.02 Å². The molecule has 0 aliphatic heterocycles. The lowest BCUT2D eigenvalue weighted by Crippen LogP contribution is -2.30. The number of carbonyl (C=O) groups is 1. The standard InChI is InChI=1S/C17H18ClNO2/c1-11-7-8-12(2)16(9-11)21-13(3)17(20)19-15-6-4-5-14(18)10-15/h4-10,13H,1-3H3,(H,19,20). The molecule has 3 nitrogen and oxygen atoms in total. The van der Waals surface area contributed by atoms with Crippen molar-refractivity contribution in [3.63, 3.8) is 0 Å². The van der Waals surface area contributed by atoms with Crippen LogP contribution in [0.3, 0.4) is 0 Å². The molecular formula is C17H18ClNO2. The Morgan fingerprint density at radius 2 is 1.95 bits per heavy atom. The van der Waals surface area contributed by atoms with Crippen molar-refractivity contribution in [2.75, 3.05) is 5.32 Å². The number of benzene rings is 2. The van der Waals surface area contributed by atoms with Gasteiger partial charge in [0.2, 0.25) is 0 Å². The number of amides is 1. The zero-order valence-electron chi connectivity index (χ0n) is 12.3. The lowest BCUT2D eigenvalue weighted by molar-refractivity contribution is -0.122. The Labute approximate surface area is 129 Å².